The minimum atomic E-state index is -0.404. The van der Waals surface area contributed by atoms with Crippen molar-refractivity contribution in [1.82, 2.24) is 10.3 Å². The molecule has 1 aliphatic heterocycles. The molecule has 5 nitrogen and oxygen atoms in total. The lowest BCUT2D eigenvalue weighted by molar-refractivity contribution is 0.0946. The zero-order valence-corrected chi connectivity index (χ0v) is 13.9. The maximum Gasteiger partial charge on any atom is 0.251 e. The Kier molecular flexibility index (Phi) is 3.80. The molecule has 0 spiro atoms. The molecule has 2 aromatic carbocycles. The summed E-state index contributed by atoms with van der Waals surface area (Å²) in [6, 6.07) is 11.8. The molecule has 0 aliphatic carbocycles. The maximum absolute atomic E-state index is 13.7. The molecule has 0 saturated carbocycles. The van der Waals surface area contributed by atoms with E-state index >= 15 is 0 Å². The molecule has 1 aromatic heterocycles. The Morgan fingerprint density at radius 1 is 0.962 bits per heavy atom. The van der Waals surface area contributed by atoms with Gasteiger partial charge in [-0.05, 0) is 53.4 Å². The number of nitrogens with one attached hydrogen (secondary N) is 1. The molecule has 0 fully saturated rings. The second-order valence-electron chi connectivity index (χ2n) is 6.31. The number of carbonyl (C=O) groups is 1. The third-order valence-electron chi connectivity index (χ3n) is 4.51. The number of nitrogen functional groups attached to an aromatic ring is 2. The fraction of sp³-hybridized carbons (Fsp3) is 0.100. The highest BCUT2D eigenvalue weighted by Crippen LogP contribution is 2.32. The van der Waals surface area contributed by atoms with E-state index in [9.17, 15) is 9.18 Å². The van der Waals surface area contributed by atoms with Crippen LogP contribution in [-0.2, 0) is 6.42 Å². The number of hydrogen-bond acceptors (Lipinski definition) is 4. The Bertz CT molecular complexity index is 1010. The van der Waals surface area contributed by atoms with Crippen molar-refractivity contribution in [3.63, 3.8) is 0 Å². The van der Waals surface area contributed by atoms with Crippen LogP contribution in [0.2, 0.25) is 0 Å². The van der Waals surface area contributed by atoms with Crippen LogP contribution in [0, 0.1) is 5.82 Å². The monoisotopic (exact) mass is 348 g/mol. The molecular formula is C20H17FN4O. The highest BCUT2D eigenvalue weighted by Gasteiger charge is 2.18. The fourth-order valence-corrected chi connectivity index (χ4v) is 3.24. The summed E-state index contributed by atoms with van der Waals surface area (Å²) in [4.78, 5) is 16.2. The van der Waals surface area contributed by atoms with Crippen molar-refractivity contribution in [3.8, 4) is 22.3 Å². The molecule has 0 saturated heterocycles. The third-order valence-corrected chi connectivity index (χ3v) is 4.51. The molecule has 0 bridgehead atoms. The lowest BCUT2D eigenvalue weighted by Gasteiger charge is -2.18. The molecule has 130 valence electrons. The molecule has 0 unspecified atom stereocenters. The standard InChI is InChI=1S/C20H17FN4O/c21-15-6-13(7-16(22)9-15)14-8-18(19(23)25-10-14)11-1-2-17-12(5-11)3-4-24-20(17)26/h1-2,5-10H,3-4,22H2,(H2,23,25)(H,24,26). The zero-order valence-electron chi connectivity index (χ0n) is 13.9. The third kappa shape index (κ3) is 2.86. The Morgan fingerprint density at radius 2 is 1.81 bits per heavy atom. The van der Waals surface area contributed by atoms with Crippen LogP contribution in [0.5, 0.6) is 0 Å². The van der Waals surface area contributed by atoms with E-state index in [0.717, 1.165) is 28.7 Å². The summed E-state index contributed by atoms with van der Waals surface area (Å²) < 4.78 is 13.7. The number of amides is 1. The van der Waals surface area contributed by atoms with Gasteiger partial charge in [-0.2, -0.15) is 0 Å². The number of aromatic nitrogens is 1. The van der Waals surface area contributed by atoms with Gasteiger partial charge in [0.05, 0.1) is 0 Å². The molecule has 4 rings (SSSR count). The molecule has 0 radical (unpaired) electrons. The van der Waals surface area contributed by atoms with Gasteiger partial charge in [0.15, 0.2) is 0 Å². The summed E-state index contributed by atoms with van der Waals surface area (Å²) in [7, 11) is 0. The van der Waals surface area contributed by atoms with Gasteiger partial charge in [-0.1, -0.05) is 12.1 Å². The second-order valence-corrected chi connectivity index (χ2v) is 6.31. The van der Waals surface area contributed by atoms with Gasteiger partial charge in [0.2, 0.25) is 0 Å². The smallest absolute Gasteiger partial charge is 0.251 e. The van der Waals surface area contributed by atoms with E-state index in [4.69, 9.17) is 11.5 Å². The van der Waals surface area contributed by atoms with Crippen LogP contribution in [0.15, 0.2) is 48.7 Å². The van der Waals surface area contributed by atoms with E-state index in [1.807, 2.05) is 18.2 Å². The first-order chi connectivity index (χ1) is 12.5. The first-order valence-electron chi connectivity index (χ1n) is 8.25. The SMILES string of the molecule is Nc1cc(F)cc(-c2cnc(N)c(-c3ccc4c(c3)CCNC4=O)c2)c1. The minimum Gasteiger partial charge on any atom is -0.399 e. The van der Waals surface area contributed by atoms with Gasteiger partial charge in [0.25, 0.3) is 5.91 Å². The summed E-state index contributed by atoms with van der Waals surface area (Å²) in [5.74, 6) is -0.0932. The highest BCUT2D eigenvalue weighted by atomic mass is 19.1. The molecule has 5 N–H and O–H groups in total. The van der Waals surface area contributed by atoms with Gasteiger partial charge in [-0.3, -0.25) is 4.79 Å². The fourth-order valence-electron chi connectivity index (χ4n) is 3.24. The van der Waals surface area contributed by atoms with Gasteiger partial charge < -0.3 is 16.8 Å². The summed E-state index contributed by atoms with van der Waals surface area (Å²) in [6.07, 6.45) is 2.36. The number of nitrogens with two attached hydrogens (primary N) is 2. The van der Waals surface area contributed by atoms with Crippen molar-refractivity contribution < 1.29 is 9.18 Å². The lowest BCUT2D eigenvalue weighted by atomic mass is 9.94. The number of carbonyl (C=O) groups excluding carboxylic acids is 1. The summed E-state index contributed by atoms with van der Waals surface area (Å²) in [6.45, 7) is 0.617. The summed E-state index contributed by atoms with van der Waals surface area (Å²) >= 11 is 0. The van der Waals surface area contributed by atoms with Crippen molar-refractivity contribution in [3.05, 3.63) is 65.6 Å². The summed E-state index contributed by atoms with van der Waals surface area (Å²) in [5, 5.41) is 2.83. The molecule has 1 amide bonds. The van der Waals surface area contributed by atoms with Crippen LogP contribution < -0.4 is 16.8 Å². The quantitative estimate of drug-likeness (QED) is 0.621. The predicted molar refractivity (Wildman–Crippen MR) is 99.9 cm³/mol. The predicted octanol–water partition coefficient (Wildman–Crippen LogP) is 3.01. The van der Waals surface area contributed by atoms with Crippen molar-refractivity contribution in [2.45, 2.75) is 6.42 Å². The van der Waals surface area contributed by atoms with E-state index in [-0.39, 0.29) is 5.91 Å². The second kappa shape index (κ2) is 6.15. The number of hydrogen-bond donors (Lipinski definition) is 3. The van der Waals surface area contributed by atoms with Crippen LogP contribution in [-0.4, -0.2) is 17.4 Å². The molecule has 3 aromatic rings. The van der Waals surface area contributed by atoms with Gasteiger partial charge in [0.1, 0.15) is 11.6 Å². The van der Waals surface area contributed by atoms with Crippen LogP contribution in [0.1, 0.15) is 15.9 Å². The molecule has 2 heterocycles. The van der Waals surface area contributed by atoms with Crippen molar-refractivity contribution in [1.29, 1.82) is 0 Å². The Labute approximate surface area is 149 Å². The lowest BCUT2D eigenvalue weighted by Crippen LogP contribution is -2.31. The number of benzene rings is 2. The average Bonchev–Trinajstić information content (AvgIpc) is 2.61. The number of pyridine rings is 1. The van der Waals surface area contributed by atoms with Crippen LogP contribution in [0.25, 0.3) is 22.3 Å². The number of nitrogens with zero attached hydrogens (tertiary/aromatic N) is 1. The Hall–Kier alpha value is -3.41. The Balaban J connectivity index is 1.81. The van der Waals surface area contributed by atoms with Gasteiger partial charge in [0, 0.05) is 35.1 Å². The van der Waals surface area contributed by atoms with Crippen molar-refractivity contribution in [2.24, 2.45) is 0 Å². The molecule has 6 heteroatoms. The summed E-state index contributed by atoms with van der Waals surface area (Å²) in [5.41, 5.74) is 16.8. The molecule has 26 heavy (non-hydrogen) atoms. The normalized spacial score (nSPS) is 13.2. The number of anilines is 2. The van der Waals surface area contributed by atoms with Gasteiger partial charge >= 0.3 is 0 Å². The maximum atomic E-state index is 13.7. The number of fused-ring (bicyclic) bond motifs is 1. The topological polar surface area (TPSA) is 94.0 Å². The van der Waals surface area contributed by atoms with Crippen LogP contribution >= 0.6 is 0 Å². The largest absolute Gasteiger partial charge is 0.399 e. The zero-order chi connectivity index (χ0) is 18.3. The average molecular weight is 348 g/mol. The van der Waals surface area contributed by atoms with Crippen molar-refractivity contribution >= 4 is 17.4 Å². The molecule has 1 aliphatic rings. The minimum absolute atomic E-state index is 0.0621. The number of halogens is 1. The van der Waals surface area contributed by atoms with E-state index < -0.39 is 5.82 Å². The first kappa shape index (κ1) is 16.1. The van der Waals surface area contributed by atoms with Gasteiger partial charge in [-0.15, -0.1) is 0 Å². The van der Waals surface area contributed by atoms with Crippen molar-refractivity contribution in [2.75, 3.05) is 18.0 Å². The van der Waals surface area contributed by atoms with E-state index in [2.05, 4.69) is 10.3 Å². The van der Waals surface area contributed by atoms with E-state index in [1.54, 1.807) is 18.3 Å². The van der Waals surface area contributed by atoms with Gasteiger partial charge in [-0.25, -0.2) is 9.37 Å². The Morgan fingerprint density at radius 3 is 2.62 bits per heavy atom. The molecule has 0 atom stereocenters. The number of rotatable bonds is 2. The molecular weight excluding hydrogens is 331 g/mol. The van der Waals surface area contributed by atoms with Crippen LogP contribution in [0.3, 0.4) is 0 Å². The van der Waals surface area contributed by atoms with Crippen LogP contribution in [0.4, 0.5) is 15.9 Å². The van der Waals surface area contributed by atoms with E-state index in [1.165, 1.54) is 12.1 Å². The van der Waals surface area contributed by atoms with E-state index in [0.29, 0.717) is 29.2 Å². The highest BCUT2D eigenvalue weighted by molar-refractivity contribution is 5.97. The first-order valence-corrected chi connectivity index (χ1v) is 8.25.